The number of rotatable bonds is 13. The summed E-state index contributed by atoms with van der Waals surface area (Å²) in [4.78, 5) is 133. The minimum atomic E-state index is -0.665. The van der Waals surface area contributed by atoms with Gasteiger partial charge in [-0.25, -0.2) is 29.7 Å². The topological polar surface area (TPSA) is 465 Å². The molecule has 652 valence electrons. The van der Waals surface area contributed by atoms with Crippen LogP contribution >= 0.6 is 0 Å². The number of carboxylic acid groups (broad SMARTS) is 2. The van der Waals surface area contributed by atoms with Crippen molar-refractivity contribution in [1.82, 2.24) is 40.9 Å². The number of nitrogens with two attached hydrogens (primary N) is 1. The van der Waals surface area contributed by atoms with E-state index in [9.17, 15) is 47.9 Å². The van der Waals surface area contributed by atoms with Crippen LogP contribution < -0.4 is 46.8 Å². The first kappa shape index (κ1) is 112. The number of likely N-dealkylation sites (tertiary alicyclic amines) is 6. The molecular weight excluding hydrogens is 1490 g/mol. The number of hydrogen-bond donors (Lipinski definition) is 7. The Kier molecular flexibility index (Phi) is 58.6. The van der Waals surface area contributed by atoms with E-state index in [0.717, 1.165) is 194 Å². The van der Waals surface area contributed by atoms with Crippen LogP contribution in [0.3, 0.4) is 0 Å². The predicted molar refractivity (Wildman–Crippen MR) is 425 cm³/mol. The minimum absolute atomic E-state index is 0. The Bertz CT molecular complexity index is 2880. The maximum atomic E-state index is 12.2. The fourth-order valence-electron chi connectivity index (χ4n) is 13.3. The maximum Gasteiger partial charge on any atom is 1.00 e. The summed E-state index contributed by atoms with van der Waals surface area (Å²) < 4.78 is 35.5. The smallest absolute Gasteiger partial charge is 0.870 e. The van der Waals surface area contributed by atoms with E-state index < -0.39 is 40.3 Å². The number of carbonyl (C=O) groups is 11. The fraction of sp³-hybridized carbons (Fsp3) is 0.762. The van der Waals surface area contributed by atoms with Crippen molar-refractivity contribution in [3.05, 3.63) is 48.0 Å². The van der Waals surface area contributed by atoms with Crippen molar-refractivity contribution in [3.8, 4) is 0 Å². The monoisotopic (exact) mass is 1640 g/mol. The molecule has 0 aromatic heterocycles. The van der Waals surface area contributed by atoms with Crippen LogP contribution in [0.2, 0.25) is 0 Å². The van der Waals surface area contributed by atoms with Crippen molar-refractivity contribution < 1.29 is 147 Å². The van der Waals surface area contributed by atoms with Gasteiger partial charge in [0.05, 0.1) is 45.0 Å². The van der Waals surface area contributed by atoms with E-state index in [1.165, 1.54) is 26.9 Å². The molecule has 11 N–H and O–H groups in total. The Morgan fingerprint density at radius 3 is 1.17 bits per heavy atom. The molecule has 6 aliphatic heterocycles. The number of amides is 4. The molecule has 0 bridgehead atoms. The van der Waals surface area contributed by atoms with E-state index in [2.05, 4.69) is 60.8 Å². The number of benzene rings is 1. The van der Waals surface area contributed by atoms with Crippen LogP contribution in [0.5, 0.6) is 0 Å². The number of piperidine rings is 2. The summed E-state index contributed by atoms with van der Waals surface area (Å²) in [7, 11) is 4.12. The van der Waals surface area contributed by atoms with E-state index in [0.29, 0.717) is 36.7 Å². The van der Waals surface area contributed by atoms with E-state index in [-0.39, 0.29) is 121 Å². The summed E-state index contributed by atoms with van der Waals surface area (Å²) in [6, 6.07) is 12.5. The van der Waals surface area contributed by atoms with Gasteiger partial charge in [0.15, 0.2) is 0 Å². The van der Waals surface area contributed by atoms with Gasteiger partial charge in [0.1, 0.15) is 35.0 Å². The Labute approximate surface area is 699 Å². The van der Waals surface area contributed by atoms with Gasteiger partial charge < -0.3 is 105 Å². The normalized spacial score (nSPS) is 20.0. The average molecular weight is 1640 g/mol. The van der Waals surface area contributed by atoms with Crippen LogP contribution in [0.1, 0.15) is 230 Å². The van der Waals surface area contributed by atoms with Crippen LogP contribution in [0.15, 0.2) is 42.5 Å². The van der Waals surface area contributed by atoms with E-state index in [1.54, 1.807) is 4.90 Å². The van der Waals surface area contributed by atoms with Crippen LogP contribution in [0, 0.1) is 23.7 Å². The number of methoxy groups -OCH3 is 3. The molecule has 1 unspecified atom stereocenters. The molecule has 114 heavy (non-hydrogen) atoms. The zero-order valence-corrected chi connectivity index (χ0v) is 73.6. The molecule has 8 rings (SSSR count). The molecule has 7 aliphatic rings. The standard InChI is InChI=1S/C19H30N2O2.C18H32N2O4.C17H30N2O4.C11H22N2O2.C7H10O4.C7H10O2.CH2O2.H3N.Na.H2O3.H2O/c1-15(16-9-6-5-7-10-16)20-17-11-8-13-21(14-12-17)18(22)23-19(2,3)4;1-18(2,3)24-17(22)20-10-5-6-15(9-13-20)19-11-7-14(8-12-19)16(21)23-4;1-17(2,3)23-16(22)19-9-4-5-14(8-12-19)18-10-6-13(7-11-18)15(20)21;1-11(2,3)15-10(14)13-7-4-5-9(12)6-8-13;1-11-7(10)6(2-4-8)3-5-9;1-9-7(8)6-4-2-3-5-6;2-1-3;;;1-3-2;/h5-7,9-10,15,17,20H,8,11-14H2,1-4H3;14-15H,5-13H2,1-4H3;13-14H,4-12H2,1-3H3,(H,20,21);9H,4-8,12H2,1-3H3;4-6H,2-3H2,1H3;2-3,6H,4-5H2,1H3;1H,(H,2,3);1H3;;1-2H;1H2/q;;;;;;;;+1;;/p-1/t15-,17?;15-;14-;9-;;;;;;;/m1000......./s1. The molecule has 33 nitrogen and oxygen atoms in total. The van der Waals surface area contributed by atoms with Gasteiger partial charge in [-0.1, -0.05) is 47.5 Å². The van der Waals surface area contributed by atoms with Gasteiger partial charge in [0, 0.05) is 95.4 Å². The van der Waals surface area contributed by atoms with Crippen LogP contribution in [-0.4, -0.2) is 269 Å². The van der Waals surface area contributed by atoms with Crippen LogP contribution in [0.4, 0.5) is 19.2 Å². The van der Waals surface area contributed by atoms with Crippen molar-refractivity contribution in [2.75, 3.05) is 99.9 Å². The number of hydrogen-bond acceptors (Lipinski definition) is 27. The zero-order chi connectivity index (χ0) is 83.9. The quantitative estimate of drug-likeness (QED) is 0.0184. The number of aldehydes is 2. The number of esters is 3. The number of allylic oxidation sites excluding steroid dienone is 2. The first-order chi connectivity index (χ1) is 52.2. The molecule has 1 aromatic carbocycles. The third kappa shape index (κ3) is 49.4. The van der Waals surface area contributed by atoms with Crippen LogP contribution in [0.25, 0.3) is 0 Å². The van der Waals surface area contributed by atoms with Gasteiger partial charge in [0.25, 0.3) is 6.47 Å². The van der Waals surface area contributed by atoms with Crippen molar-refractivity contribution in [2.24, 2.45) is 29.4 Å². The Hall–Kier alpha value is -6.63. The SMILES string of the molecule is CC(C)(C)OC(=O)N1CCC[C@H](N)CC1.CC(C)(C)OC(=O)N1CCC[C@H](N2CCC(C(=O)O)CC2)CC1.COC(=O)C(CC=O)CC=O.COC(=O)C1CC=CC1.COC(=O)C1CCN([C@H]2CCCN(C(=O)OC(C)(C)C)CC2)CC1.C[C@@H](NC1CCCN(C(=O)OC(C)(C)C)CC1)c1ccccc1.N.O=CO.OOO.[Na+].[OH-]. The second-order valence-corrected chi connectivity index (χ2v) is 32.5. The summed E-state index contributed by atoms with van der Waals surface area (Å²) >= 11 is 0. The van der Waals surface area contributed by atoms with Gasteiger partial charge in [-0.05, 0) is 237 Å². The number of nitrogens with one attached hydrogen (secondary N) is 1. The Morgan fingerprint density at radius 1 is 0.491 bits per heavy atom. The molecule has 5 atom stereocenters. The second-order valence-electron chi connectivity index (χ2n) is 32.5. The van der Waals surface area contributed by atoms with Crippen molar-refractivity contribution in [3.63, 3.8) is 0 Å². The molecule has 6 saturated heterocycles. The van der Waals surface area contributed by atoms with Crippen molar-refractivity contribution in [1.29, 1.82) is 0 Å². The molecular formula is C80H142N9NaO24. The maximum absolute atomic E-state index is 12.2. The molecule has 0 saturated carbocycles. The van der Waals surface area contributed by atoms with Crippen molar-refractivity contribution in [2.45, 2.75) is 271 Å². The Morgan fingerprint density at radius 2 is 0.825 bits per heavy atom. The Balaban J connectivity index is -0.00000130. The van der Waals surface area contributed by atoms with E-state index in [1.807, 2.05) is 116 Å². The first-order valence-electron chi connectivity index (χ1n) is 39.2. The molecule has 6 fully saturated rings. The molecule has 0 radical (unpaired) electrons. The fourth-order valence-corrected chi connectivity index (χ4v) is 13.3. The van der Waals surface area contributed by atoms with Crippen LogP contribution in [-0.2, 0) is 71.8 Å². The number of carboxylic acids is 1. The molecule has 6 heterocycles. The van der Waals surface area contributed by atoms with E-state index >= 15 is 0 Å². The zero-order valence-electron chi connectivity index (χ0n) is 71.6. The largest absolute Gasteiger partial charge is 1.00 e. The second kappa shape index (κ2) is 59.9. The minimum Gasteiger partial charge on any atom is -0.870 e. The number of aliphatic carboxylic acids is 1. The predicted octanol–water partition coefficient (Wildman–Crippen LogP) is 8.81. The summed E-state index contributed by atoms with van der Waals surface area (Å²) in [6.07, 6.45) is 21.4. The third-order valence-corrected chi connectivity index (χ3v) is 19.1. The molecule has 1 aliphatic carbocycles. The van der Waals surface area contributed by atoms with Gasteiger partial charge in [0.2, 0.25) is 0 Å². The summed E-state index contributed by atoms with van der Waals surface area (Å²) in [5, 5.41) is 35.2. The van der Waals surface area contributed by atoms with Gasteiger partial charge in [-0.2, -0.15) is 0 Å². The third-order valence-electron chi connectivity index (χ3n) is 19.1. The van der Waals surface area contributed by atoms with Crippen molar-refractivity contribution >= 4 is 67.3 Å². The summed E-state index contributed by atoms with van der Waals surface area (Å²) in [5.41, 5.74) is 5.41. The van der Waals surface area contributed by atoms with Gasteiger partial charge >= 0.3 is 77.8 Å². The summed E-state index contributed by atoms with van der Waals surface area (Å²) in [5.74, 6) is -1.96. The molecule has 0 spiro atoms. The van der Waals surface area contributed by atoms with Gasteiger partial charge in [-0.3, -0.25) is 24.0 Å². The first-order valence-corrected chi connectivity index (χ1v) is 39.2. The number of nitrogens with zero attached hydrogens (tertiary/aromatic N) is 6. The van der Waals surface area contributed by atoms with E-state index in [4.69, 9.17) is 54.9 Å². The number of carbonyl (C=O) groups excluding carboxylic acids is 9. The molecule has 4 amide bonds. The average Bonchev–Trinajstić information content (AvgIpc) is 1.29. The summed E-state index contributed by atoms with van der Waals surface area (Å²) in [6.45, 7) is 34.3. The molecule has 1 aromatic rings. The number of ether oxygens (including phenoxy) is 7. The van der Waals surface area contributed by atoms with Gasteiger partial charge in [-0.15, -0.1) is 0 Å². The molecule has 34 heteroatoms.